The van der Waals surface area contributed by atoms with E-state index in [1.807, 2.05) is 49.6 Å². The van der Waals surface area contributed by atoms with Crippen LogP contribution >= 0.6 is 11.3 Å². The average molecular weight is 262 g/mol. The first-order valence-corrected chi connectivity index (χ1v) is 6.81. The van der Waals surface area contributed by atoms with Crippen LogP contribution in [-0.2, 0) is 12.0 Å². The minimum Gasteiger partial charge on any atom is -0.496 e. The lowest BCUT2D eigenvalue weighted by molar-refractivity contribution is 0.0602. The predicted molar refractivity (Wildman–Crippen MR) is 75.3 cm³/mol. The molecule has 0 spiro atoms. The number of hydrogen-bond acceptors (Lipinski definition) is 3. The van der Waals surface area contributed by atoms with Crippen molar-refractivity contribution in [3.8, 4) is 5.75 Å². The number of ether oxygens (including phenoxy) is 1. The van der Waals surface area contributed by atoms with Gasteiger partial charge in [-0.15, -0.1) is 11.3 Å². The molecular formula is C15H18O2S. The van der Waals surface area contributed by atoms with Crippen molar-refractivity contribution in [1.29, 1.82) is 0 Å². The van der Waals surface area contributed by atoms with Gasteiger partial charge in [-0.3, -0.25) is 0 Å². The summed E-state index contributed by atoms with van der Waals surface area (Å²) in [6.07, 6.45) is 0.554. The Morgan fingerprint density at radius 3 is 2.61 bits per heavy atom. The van der Waals surface area contributed by atoms with E-state index < -0.39 is 5.60 Å². The number of benzene rings is 1. The lowest BCUT2D eigenvalue weighted by Crippen LogP contribution is -2.24. The summed E-state index contributed by atoms with van der Waals surface area (Å²) in [7, 11) is 1.66. The molecule has 0 aliphatic heterocycles. The van der Waals surface area contributed by atoms with Crippen LogP contribution in [0.4, 0.5) is 0 Å². The Labute approximate surface area is 112 Å². The Balaban J connectivity index is 2.30. The lowest BCUT2D eigenvalue weighted by atomic mass is 9.92. The molecule has 1 aromatic carbocycles. The van der Waals surface area contributed by atoms with Crippen LogP contribution in [0.5, 0.6) is 5.75 Å². The largest absolute Gasteiger partial charge is 0.496 e. The molecule has 0 radical (unpaired) electrons. The molecule has 1 aromatic heterocycles. The van der Waals surface area contributed by atoms with Gasteiger partial charge in [0.1, 0.15) is 11.4 Å². The van der Waals surface area contributed by atoms with Gasteiger partial charge in [0.15, 0.2) is 0 Å². The number of hydrogen-bond donors (Lipinski definition) is 1. The van der Waals surface area contributed by atoms with E-state index in [2.05, 4.69) is 0 Å². The molecule has 0 amide bonds. The third kappa shape index (κ3) is 2.57. The number of methoxy groups -OCH3 is 1. The van der Waals surface area contributed by atoms with Crippen LogP contribution in [0, 0.1) is 6.92 Å². The van der Waals surface area contributed by atoms with Crippen molar-refractivity contribution in [2.45, 2.75) is 25.9 Å². The zero-order valence-electron chi connectivity index (χ0n) is 10.9. The third-order valence-electron chi connectivity index (χ3n) is 3.08. The fourth-order valence-corrected chi connectivity index (χ4v) is 3.21. The Morgan fingerprint density at radius 2 is 2.00 bits per heavy atom. The highest BCUT2D eigenvalue weighted by Gasteiger charge is 2.27. The molecule has 0 aliphatic carbocycles. The van der Waals surface area contributed by atoms with Crippen LogP contribution in [0.3, 0.4) is 0 Å². The van der Waals surface area contributed by atoms with Crippen molar-refractivity contribution in [3.05, 3.63) is 51.7 Å². The molecule has 2 rings (SSSR count). The standard InChI is InChI=1S/C15H18O2S/c1-11-8-9-18-14(11)15(2,16)10-12-6-4-5-7-13(12)17-3/h4-9,16H,10H2,1-3H3. The second-order valence-electron chi connectivity index (χ2n) is 4.70. The minimum absolute atomic E-state index is 0.554. The Morgan fingerprint density at radius 1 is 1.28 bits per heavy atom. The zero-order valence-corrected chi connectivity index (χ0v) is 11.8. The summed E-state index contributed by atoms with van der Waals surface area (Å²) in [5.41, 5.74) is 1.31. The molecule has 0 saturated carbocycles. The van der Waals surface area contributed by atoms with Gasteiger partial charge < -0.3 is 9.84 Å². The Bertz CT molecular complexity index is 529. The summed E-state index contributed by atoms with van der Waals surface area (Å²) in [5.74, 6) is 0.826. The highest BCUT2D eigenvalue weighted by molar-refractivity contribution is 7.10. The second-order valence-corrected chi connectivity index (χ2v) is 5.61. The molecule has 0 saturated heterocycles. The van der Waals surface area contributed by atoms with E-state index in [-0.39, 0.29) is 0 Å². The van der Waals surface area contributed by atoms with Gasteiger partial charge in [-0.2, -0.15) is 0 Å². The molecule has 1 atom stereocenters. The normalized spacial score (nSPS) is 14.2. The smallest absolute Gasteiger partial charge is 0.122 e. The Hall–Kier alpha value is -1.32. The summed E-state index contributed by atoms with van der Waals surface area (Å²) >= 11 is 1.60. The second kappa shape index (κ2) is 5.12. The quantitative estimate of drug-likeness (QED) is 0.913. The van der Waals surface area contributed by atoms with Gasteiger partial charge in [-0.1, -0.05) is 18.2 Å². The molecule has 2 nitrogen and oxygen atoms in total. The van der Waals surface area contributed by atoms with Crippen LogP contribution in [-0.4, -0.2) is 12.2 Å². The maximum absolute atomic E-state index is 10.7. The summed E-state index contributed by atoms with van der Waals surface area (Å²) in [4.78, 5) is 1.02. The van der Waals surface area contributed by atoms with Gasteiger partial charge in [0.05, 0.1) is 7.11 Å². The van der Waals surface area contributed by atoms with E-state index in [1.54, 1.807) is 18.4 Å². The summed E-state index contributed by atoms with van der Waals surface area (Å²) in [6.45, 7) is 3.89. The SMILES string of the molecule is COc1ccccc1CC(C)(O)c1sccc1C. The number of thiophene rings is 1. The molecule has 0 bridgehead atoms. The molecule has 2 aromatic rings. The lowest BCUT2D eigenvalue weighted by Gasteiger charge is -2.24. The number of aliphatic hydroxyl groups is 1. The predicted octanol–water partition coefficient (Wildman–Crippen LogP) is 3.52. The van der Waals surface area contributed by atoms with Crippen molar-refractivity contribution < 1.29 is 9.84 Å². The highest BCUT2D eigenvalue weighted by Crippen LogP contribution is 2.34. The van der Waals surface area contributed by atoms with Crippen LogP contribution in [0.1, 0.15) is 22.9 Å². The fraction of sp³-hybridized carbons (Fsp3) is 0.333. The van der Waals surface area contributed by atoms with Crippen molar-refractivity contribution in [1.82, 2.24) is 0 Å². The first-order chi connectivity index (χ1) is 8.54. The van der Waals surface area contributed by atoms with Gasteiger partial charge >= 0.3 is 0 Å². The van der Waals surface area contributed by atoms with Crippen LogP contribution in [0.15, 0.2) is 35.7 Å². The Kier molecular flexibility index (Phi) is 3.73. The van der Waals surface area contributed by atoms with Crippen LogP contribution < -0.4 is 4.74 Å². The van der Waals surface area contributed by atoms with E-state index in [9.17, 15) is 5.11 Å². The van der Waals surface area contributed by atoms with Crippen LogP contribution in [0.25, 0.3) is 0 Å². The molecule has 1 N–H and O–H groups in total. The van der Waals surface area contributed by atoms with Crippen molar-refractivity contribution in [2.24, 2.45) is 0 Å². The number of rotatable bonds is 4. The zero-order chi connectivity index (χ0) is 13.2. The average Bonchev–Trinajstić information content (AvgIpc) is 2.76. The van der Waals surface area contributed by atoms with Gasteiger partial charge in [0.2, 0.25) is 0 Å². The van der Waals surface area contributed by atoms with Crippen molar-refractivity contribution in [3.63, 3.8) is 0 Å². The number of aryl methyl sites for hydroxylation is 1. The third-order valence-corrected chi connectivity index (χ3v) is 4.35. The molecule has 0 aliphatic rings. The summed E-state index contributed by atoms with van der Waals surface area (Å²) < 4.78 is 5.33. The van der Waals surface area contributed by atoms with E-state index in [1.165, 1.54) is 0 Å². The summed E-state index contributed by atoms with van der Waals surface area (Å²) in [5, 5.41) is 12.7. The molecule has 96 valence electrons. The van der Waals surface area contributed by atoms with Crippen molar-refractivity contribution >= 4 is 11.3 Å². The van der Waals surface area contributed by atoms with E-state index in [0.717, 1.165) is 21.8 Å². The van der Waals surface area contributed by atoms with E-state index >= 15 is 0 Å². The topological polar surface area (TPSA) is 29.5 Å². The maximum Gasteiger partial charge on any atom is 0.122 e. The van der Waals surface area contributed by atoms with Gasteiger partial charge in [0.25, 0.3) is 0 Å². The minimum atomic E-state index is -0.854. The maximum atomic E-state index is 10.7. The molecule has 18 heavy (non-hydrogen) atoms. The van der Waals surface area contributed by atoms with Gasteiger partial charge in [0, 0.05) is 11.3 Å². The van der Waals surface area contributed by atoms with Gasteiger partial charge in [-0.05, 0) is 42.5 Å². The summed E-state index contributed by atoms with van der Waals surface area (Å²) in [6, 6.07) is 9.86. The molecule has 0 fully saturated rings. The molecule has 3 heteroatoms. The first-order valence-electron chi connectivity index (χ1n) is 5.93. The van der Waals surface area contributed by atoms with Crippen molar-refractivity contribution in [2.75, 3.05) is 7.11 Å². The van der Waals surface area contributed by atoms with E-state index in [0.29, 0.717) is 6.42 Å². The monoisotopic (exact) mass is 262 g/mol. The molecular weight excluding hydrogens is 244 g/mol. The first kappa shape index (κ1) is 13.1. The van der Waals surface area contributed by atoms with Gasteiger partial charge in [-0.25, -0.2) is 0 Å². The van der Waals surface area contributed by atoms with Crippen LogP contribution in [0.2, 0.25) is 0 Å². The highest BCUT2D eigenvalue weighted by atomic mass is 32.1. The fourth-order valence-electron chi connectivity index (χ4n) is 2.22. The molecule has 1 heterocycles. The number of para-hydroxylation sites is 1. The molecule has 1 unspecified atom stereocenters. The van der Waals surface area contributed by atoms with E-state index in [4.69, 9.17) is 4.74 Å².